The molecule has 15 nitrogen and oxygen atoms in total. The molecule has 3 fully saturated rings. The molecule has 5 rings (SSSR count). The molecular weight excluding hydrogens is 773 g/mol. The number of likely N-dealkylation sites (N-methyl/N-ethyl adjacent to an activating group) is 1. The first-order chi connectivity index (χ1) is 28.5. The zero-order valence-electron chi connectivity index (χ0n) is 37.1. The van der Waals surface area contributed by atoms with E-state index in [-0.39, 0.29) is 24.7 Å². The average Bonchev–Trinajstić information content (AvgIpc) is 3.54. The van der Waals surface area contributed by atoms with E-state index in [2.05, 4.69) is 9.97 Å². The van der Waals surface area contributed by atoms with Crippen molar-refractivity contribution in [3.63, 3.8) is 0 Å². The Hall–Kier alpha value is -4.15. The molecule has 0 spiro atoms. The molecule has 2 aromatic rings. The van der Waals surface area contributed by atoms with Crippen LogP contribution in [0.5, 0.6) is 0 Å². The third kappa shape index (κ3) is 10.8. The van der Waals surface area contributed by atoms with Crippen molar-refractivity contribution in [3.05, 3.63) is 72.5 Å². The number of cyclic esters (lactones) is 1. The number of methoxy groups -OCH3 is 1. The highest BCUT2D eigenvalue weighted by molar-refractivity contribution is 5.89. The number of benzene rings is 1. The number of fused-ring (bicyclic) bond motifs is 1. The quantitative estimate of drug-likeness (QED) is 0.144. The minimum atomic E-state index is -1.38. The standard InChI is InChI=1S/C45H66N4O11/c1-12-35-45(8)40(59-43(52)60-45)29(4)36(48-55-25-32-17-14-13-15-18-32)27(2)22-44(7,53-11)39(58-42-37(50)34(49(9)10)21-28(3)56-42)30(5)38(31(6)41(51)57-35)54-20-16-19-33-23-46-26-47-24-33/h13-18,20,23-24,26-31,34-35,37-40,42,50H,12,19,21-22,25H2,1-11H3/b20-16-,48-36+/t27-,28+,29+,30+,31-,34-,35-,37+,38+,39-,40-,42-,44-,45+/m1/s1. The van der Waals surface area contributed by atoms with Gasteiger partial charge in [-0.15, -0.1) is 0 Å². The van der Waals surface area contributed by atoms with E-state index in [9.17, 15) is 14.7 Å². The fourth-order valence-corrected chi connectivity index (χ4v) is 9.14. The molecule has 332 valence electrons. The van der Waals surface area contributed by atoms with Crippen molar-refractivity contribution in [2.24, 2.45) is 28.8 Å². The molecule has 1 aromatic heterocycles. The van der Waals surface area contributed by atoms with Gasteiger partial charge in [0.2, 0.25) is 0 Å². The minimum absolute atomic E-state index is 0.200. The number of carbonyl (C=O) groups excluding carboxylic acids is 2. The summed E-state index contributed by atoms with van der Waals surface area (Å²) in [6.45, 7) is 15.3. The van der Waals surface area contributed by atoms with Crippen LogP contribution >= 0.6 is 0 Å². The van der Waals surface area contributed by atoms with E-state index in [1.54, 1.807) is 39.6 Å². The Bertz CT molecular complexity index is 1750. The SMILES string of the molecule is CC[C@H]1OC(=O)[C@H](C)[C@@H](O/C=C\Cc2cncnc2)[C@H](C)[C@@H](O[C@H]2O[C@@H](C)C[C@@H](N(C)C)[C@@H]2O)[C@](C)(OC)C[C@@H](C)/C(=N\OCc2ccccc2)[C@H](C)[C@H]2OC(=O)O[C@]21C. The maximum absolute atomic E-state index is 14.5. The molecule has 0 amide bonds. The Labute approximate surface area is 355 Å². The summed E-state index contributed by atoms with van der Waals surface area (Å²) in [5.74, 6) is -2.98. The number of esters is 1. The lowest BCUT2D eigenvalue weighted by atomic mass is 9.73. The van der Waals surface area contributed by atoms with Gasteiger partial charge in [-0.3, -0.25) is 4.79 Å². The van der Waals surface area contributed by atoms with E-state index in [1.165, 1.54) is 6.33 Å². The summed E-state index contributed by atoms with van der Waals surface area (Å²) in [6, 6.07) is 9.44. The molecular formula is C45H66N4O11. The predicted octanol–water partition coefficient (Wildman–Crippen LogP) is 6.27. The Morgan fingerprint density at radius 2 is 1.70 bits per heavy atom. The van der Waals surface area contributed by atoms with Gasteiger partial charge in [0.15, 0.2) is 18.0 Å². The van der Waals surface area contributed by atoms with Crippen molar-refractivity contribution in [1.82, 2.24) is 14.9 Å². The predicted molar refractivity (Wildman–Crippen MR) is 222 cm³/mol. The Balaban J connectivity index is 1.62. The summed E-state index contributed by atoms with van der Waals surface area (Å²) in [7, 11) is 5.45. The lowest BCUT2D eigenvalue weighted by molar-refractivity contribution is -0.301. The zero-order valence-corrected chi connectivity index (χ0v) is 37.1. The van der Waals surface area contributed by atoms with Crippen LogP contribution in [0, 0.1) is 23.7 Å². The van der Waals surface area contributed by atoms with Gasteiger partial charge in [-0.1, -0.05) is 63.2 Å². The molecule has 3 aliphatic rings. The van der Waals surface area contributed by atoms with E-state index < -0.39 is 77.9 Å². The van der Waals surface area contributed by atoms with Crippen LogP contribution in [-0.2, 0) is 55.8 Å². The van der Waals surface area contributed by atoms with Crippen molar-refractivity contribution >= 4 is 17.8 Å². The number of ether oxygens (including phenoxy) is 7. The van der Waals surface area contributed by atoms with Gasteiger partial charge in [0.25, 0.3) is 0 Å². The second-order valence-corrected chi connectivity index (χ2v) is 17.3. The fourth-order valence-electron chi connectivity index (χ4n) is 9.14. The van der Waals surface area contributed by atoms with Crippen molar-refractivity contribution in [2.45, 2.75) is 148 Å². The summed E-state index contributed by atoms with van der Waals surface area (Å²) in [6.07, 6.45) is 3.37. The zero-order chi connectivity index (χ0) is 43.8. The van der Waals surface area contributed by atoms with Crippen molar-refractivity contribution in [3.8, 4) is 0 Å². The van der Waals surface area contributed by atoms with Gasteiger partial charge in [0.1, 0.15) is 31.2 Å². The molecule has 15 heteroatoms. The largest absolute Gasteiger partial charge is 0.509 e. The second-order valence-electron chi connectivity index (χ2n) is 17.3. The van der Waals surface area contributed by atoms with Gasteiger partial charge in [0.05, 0.1) is 35.7 Å². The van der Waals surface area contributed by atoms with Gasteiger partial charge in [-0.2, -0.15) is 0 Å². The highest BCUT2D eigenvalue weighted by Crippen LogP contribution is 2.43. The van der Waals surface area contributed by atoms with E-state index in [0.717, 1.165) is 11.1 Å². The molecule has 0 aliphatic carbocycles. The van der Waals surface area contributed by atoms with Crippen LogP contribution in [0.1, 0.15) is 85.8 Å². The number of aromatic nitrogens is 2. The summed E-state index contributed by atoms with van der Waals surface area (Å²) in [4.78, 5) is 43.8. The van der Waals surface area contributed by atoms with Crippen LogP contribution < -0.4 is 0 Å². The third-order valence-corrected chi connectivity index (χ3v) is 12.5. The number of nitrogens with zero attached hydrogens (tertiary/aromatic N) is 4. The summed E-state index contributed by atoms with van der Waals surface area (Å²) >= 11 is 0. The van der Waals surface area contributed by atoms with Crippen LogP contribution in [0.4, 0.5) is 4.79 Å². The van der Waals surface area contributed by atoms with E-state index in [4.69, 9.17) is 43.2 Å². The van der Waals surface area contributed by atoms with Crippen molar-refractivity contribution < 1.29 is 52.7 Å². The van der Waals surface area contributed by atoms with E-state index >= 15 is 0 Å². The first-order valence-electron chi connectivity index (χ1n) is 21.1. The van der Waals surface area contributed by atoms with E-state index in [0.29, 0.717) is 31.4 Å². The Morgan fingerprint density at radius 3 is 2.35 bits per heavy atom. The monoisotopic (exact) mass is 838 g/mol. The smallest absolute Gasteiger partial charge is 0.497 e. The van der Waals surface area contributed by atoms with Crippen molar-refractivity contribution in [1.29, 1.82) is 0 Å². The molecule has 60 heavy (non-hydrogen) atoms. The van der Waals surface area contributed by atoms with Crippen LogP contribution in [0.15, 0.2) is 66.5 Å². The third-order valence-electron chi connectivity index (χ3n) is 12.5. The number of hydrogen-bond acceptors (Lipinski definition) is 15. The number of aliphatic hydroxyl groups is 1. The minimum Gasteiger partial charge on any atom is -0.497 e. The van der Waals surface area contributed by atoms with Crippen LogP contribution in [0.25, 0.3) is 0 Å². The normalized spacial score (nSPS) is 37.5. The summed E-state index contributed by atoms with van der Waals surface area (Å²) in [5, 5.41) is 16.5. The fraction of sp³-hybridized carbons (Fsp3) is 0.667. The maximum atomic E-state index is 14.5. The topological polar surface area (TPSA) is 170 Å². The maximum Gasteiger partial charge on any atom is 0.509 e. The second kappa shape index (κ2) is 20.6. The first kappa shape index (κ1) is 46.9. The molecule has 0 radical (unpaired) electrons. The number of aliphatic hydroxyl groups excluding tert-OH is 1. The average molecular weight is 839 g/mol. The molecule has 0 unspecified atom stereocenters. The van der Waals surface area contributed by atoms with Crippen LogP contribution in [-0.4, -0.2) is 119 Å². The highest BCUT2D eigenvalue weighted by Gasteiger charge is 2.59. The van der Waals surface area contributed by atoms with Crippen LogP contribution in [0.3, 0.4) is 0 Å². The molecule has 14 atom stereocenters. The van der Waals surface area contributed by atoms with Gasteiger partial charge >= 0.3 is 12.1 Å². The number of rotatable bonds is 12. The lowest BCUT2D eigenvalue weighted by Gasteiger charge is -2.48. The Morgan fingerprint density at radius 1 is 1.00 bits per heavy atom. The summed E-state index contributed by atoms with van der Waals surface area (Å²) in [5.41, 5.74) is -0.130. The molecule has 1 N–H and O–H groups in total. The lowest BCUT2D eigenvalue weighted by Crippen LogP contribution is -2.60. The molecule has 4 heterocycles. The summed E-state index contributed by atoms with van der Waals surface area (Å²) < 4.78 is 44.6. The molecule has 0 saturated carbocycles. The molecule has 1 aromatic carbocycles. The number of allylic oxidation sites excluding steroid dienone is 1. The van der Waals surface area contributed by atoms with Gasteiger partial charge in [-0.05, 0) is 84.7 Å². The number of oxime groups is 1. The van der Waals surface area contributed by atoms with Gasteiger partial charge < -0.3 is 48.0 Å². The first-order valence-corrected chi connectivity index (χ1v) is 21.1. The Kier molecular flexibility index (Phi) is 16.1. The van der Waals surface area contributed by atoms with E-state index in [1.807, 2.05) is 96.9 Å². The van der Waals surface area contributed by atoms with Gasteiger partial charge in [-0.25, -0.2) is 14.8 Å². The van der Waals surface area contributed by atoms with Crippen molar-refractivity contribution in [2.75, 3.05) is 21.2 Å². The number of hydrogen-bond donors (Lipinski definition) is 1. The molecule has 3 saturated heterocycles. The van der Waals surface area contributed by atoms with Crippen LogP contribution in [0.2, 0.25) is 0 Å². The molecule has 3 aliphatic heterocycles. The number of carbonyl (C=O) groups is 2. The molecule has 0 bridgehead atoms. The highest BCUT2D eigenvalue weighted by atomic mass is 16.8. The van der Waals surface area contributed by atoms with Gasteiger partial charge in [0, 0.05) is 43.3 Å².